The summed E-state index contributed by atoms with van der Waals surface area (Å²) < 4.78 is 9.07. The first-order valence-electron chi connectivity index (χ1n) is 3.71. The van der Waals surface area contributed by atoms with E-state index in [0.29, 0.717) is 13.0 Å². The number of hydrogen-bond donors (Lipinski definition) is 1. The quantitative estimate of drug-likeness (QED) is 0.558. The molecule has 0 aliphatic carbocycles. The van der Waals surface area contributed by atoms with Crippen LogP contribution < -0.4 is 5.32 Å². The van der Waals surface area contributed by atoms with Gasteiger partial charge < -0.3 is 9.47 Å². The Balaban J connectivity index is 2.22. The lowest BCUT2D eigenvalue weighted by atomic mass is 10.2. The molecule has 0 radical (unpaired) electrons. The van der Waals surface area contributed by atoms with Crippen LogP contribution in [0.3, 0.4) is 0 Å². The molecule has 0 saturated carbocycles. The second-order valence-electron chi connectivity index (χ2n) is 2.47. The Morgan fingerprint density at radius 1 is 1.83 bits per heavy atom. The minimum absolute atomic E-state index is 0.0519. The lowest BCUT2D eigenvalue weighted by molar-refractivity contribution is -0.141. The smallest absolute Gasteiger partial charge is 0.323 e. The third kappa shape index (κ3) is 2.20. The van der Waals surface area contributed by atoms with Crippen molar-refractivity contribution in [1.29, 1.82) is 0 Å². The van der Waals surface area contributed by atoms with Gasteiger partial charge in [0.05, 0.1) is 20.3 Å². The molecule has 1 saturated heterocycles. The molecule has 0 aromatic carbocycles. The molecule has 1 heterocycles. The minimum Gasteiger partial charge on any atom is -0.468 e. The Morgan fingerprint density at radius 3 is 3.08 bits per heavy atom. The minimum atomic E-state index is -0.380. The largest absolute Gasteiger partial charge is 0.468 e. The van der Waals surface area contributed by atoms with Gasteiger partial charge in [-0.3, -0.25) is 14.9 Å². The number of carbonyl (C=O) groups excluding carboxylic acids is 2. The van der Waals surface area contributed by atoms with Crippen LogP contribution in [0, 0.1) is 0 Å². The SMILES string of the molecule is COC(=O)CNC1CCOC1=O. The van der Waals surface area contributed by atoms with Crippen molar-refractivity contribution in [1.82, 2.24) is 5.32 Å². The molecule has 0 bridgehead atoms. The van der Waals surface area contributed by atoms with E-state index < -0.39 is 0 Å². The average molecular weight is 173 g/mol. The lowest BCUT2D eigenvalue weighted by Gasteiger charge is -2.05. The first-order valence-corrected chi connectivity index (χ1v) is 3.71. The Hall–Kier alpha value is -1.10. The maximum atomic E-state index is 10.8. The summed E-state index contributed by atoms with van der Waals surface area (Å²) in [6.45, 7) is 0.480. The molecule has 1 aliphatic heterocycles. The van der Waals surface area contributed by atoms with Gasteiger partial charge >= 0.3 is 11.9 Å². The highest BCUT2D eigenvalue weighted by Gasteiger charge is 2.26. The van der Waals surface area contributed by atoms with Gasteiger partial charge in [-0.05, 0) is 0 Å². The van der Waals surface area contributed by atoms with E-state index in [-0.39, 0.29) is 24.5 Å². The zero-order valence-corrected chi connectivity index (χ0v) is 6.83. The number of nitrogens with one attached hydrogen (secondary N) is 1. The van der Waals surface area contributed by atoms with Gasteiger partial charge in [0.15, 0.2) is 0 Å². The summed E-state index contributed by atoms with van der Waals surface area (Å²) >= 11 is 0. The molecule has 5 nitrogen and oxygen atoms in total. The third-order valence-electron chi connectivity index (χ3n) is 1.66. The zero-order valence-electron chi connectivity index (χ0n) is 6.83. The maximum Gasteiger partial charge on any atom is 0.323 e. The van der Waals surface area contributed by atoms with Crippen LogP contribution in [0.5, 0.6) is 0 Å². The summed E-state index contributed by atoms with van der Waals surface area (Å²) in [6.07, 6.45) is 0.621. The third-order valence-corrected chi connectivity index (χ3v) is 1.66. The summed E-state index contributed by atoms with van der Waals surface area (Å²) in [5, 5.41) is 2.73. The fourth-order valence-electron chi connectivity index (χ4n) is 0.960. The van der Waals surface area contributed by atoms with Gasteiger partial charge in [-0.1, -0.05) is 0 Å². The molecule has 0 aromatic heterocycles. The molecule has 1 unspecified atom stereocenters. The molecule has 0 spiro atoms. The second kappa shape index (κ2) is 4.06. The van der Waals surface area contributed by atoms with Crippen LogP contribution in [0.15, 0.2) is 0 Å². The molecule has 5 heteroatoms. The van der Waals surface area contributed by atoms with E-state index in [1.165, 1.54) is 7.11 Å². The first kappa shape index (κ1) is 8.99. The van der Waals surface area contributed by atoms with Crippen molar-refractivity contribution in [2.75, 3.05) is 20.3 Å². The van der Waals surface area contributed by atoms with Crippen molar-refractivity contribution in [3.8, 4) is 0 Å². The first-order chi connectivity index (χ1) is 5.74. The number of carbonyl (C=O) groups is 2. The van der Waals surface area contributed by atoms with Crippen LogP contribution in [0.1, 0.15) is 6.42 Å². The number of methoxy groups -OCH3 is 1. The molecule has 1 rings (SSSR count). The van der Waals surface area contributed by atoms with Gasteiger partial charge in [0.2, 0.25) is 0 Å². The maximum absolute atomic E-state index is 10.8. The van der Waals surface area contributed by atoms with Gasteiger partial charge in [0.25, 0.3) is 0 Å². The van der Waals surface area contributed by atoms with Crippen molar-refractivity contribution < 1.29 is 19.1 Å². The topological polar surface area (TPSA) is 64.6 Å². The predicted molar refractivity (Wildman–Crippen MR) is 39.4 cm³/mol. The summed E-state index contributed by atoms with van der Waals surface area (Å²) in [5.74, 6) is -0.673. The second-order valence-corrected chi connectivity index (χ2v) is 2.47. The van der Waals surface area contributed by atoms with E-state index in [2.05, 4.69) is 14.8 Å². The van der Waals surface area contributed by atoms with Crippen molar-refractivity contribution in [2.24, 2.45) is 0 Å². The Morgan fingerprint density at radius 2 is 2.58 bits per heavy atom. The van der Waals surface area contributed by atoms with E-state index in [4.69, 9.17) is 0 Å². The van der Waals surface area contributed by atoms with Crippen LogP contribution in [0.4, 0.5) is 0 Å². The van der Waals surface area contributed by atoms with E-state index in [1.807, 2.05) is 0 Å². The Labute approximate surface area is 70.0 Å². The molecule has 1 fully saturated rings. The average Bonchev–Trinajstić information content (AvgIpc) is 2.47. The fourth-order valence-corrected chi connectivity index (χ4v) is 0.960. The van der Waals surface area contributed by atoms with Crippen LogP contribution in [-0.4, -0.2) is 38.2 Å². The number of hydrogen-bond acceptors (Lipinski definition) is 5. The molecule has 0 amide bonds. The van der Waals surface area contributed by atoms with Gasteiger partial charge in [0.1, 0.15) is 6.04 Å². The lowest BCUT2D eigenvalue weighted by Crippen LogP contribution is -2.37. The fraction of sp³-hybridized carbons (Fsp3) is 0.714. The van der Waals surface area contributed by atoms with Gasteiger partial charge in [-0.25, -0.2) is 0 Å². The summed E-state index contributed by atoms with van der Waals surface area (Å²) in [4.78, 5) is 21.5. The summed E-state index contributed by atoms with van der Waals surface area (Å²) in [5.41, 5.74) is 0. The molecule has 1 aliphatic rings. The van der Waals surface area contributed by atoms with Gasteiger partial charge in [-0.15, -0.1) is 0 Å². The van der Waals surface area contributed by atoms with Gasteiger partial charge in [-0.2, -0.15) is 0 Å². The van der Waals surface area contributed by atoms with Crippen LogP contribution >= 0.6 is 0 Å². The van der Waals surface area contributed by atoms with Crippen LogP contribution in [0.25, 0.3) is 0 Å². The highest BCUT2D eigenvalue weighted by atomic mass is 16.5. The number of cyclic esters (lactones) is 1. The zero-order chi connectivity index (χ0) is 8.97. The monoisotopic (exact) mass is 173 g/mol. The normalized spacial score (nSPS) is 22.1. The molecule has 1 atom stereocenters. The number of ether oxygens (including phenoxy) is 2. The van der Waals surface area contributed by atoms with Crippen molar-refractivity contribution in [2.45, 2.75) is 12.5 Å². The molecule has 12 heavy (non-hydrogen) atoms. The summed E-state index contributed by atoms with van der Waals surface area (Å²) in [6, 6.07) is -0.343. The highest BCUT2D eigenvalue weighted by Crippen LogP contribution is 2.04. The predicted octanol–water partition coefficient (Wildman–Crippen LogP) is -0.935. The molecular weight excluding hydrogens is 162 g/mol. The molecule has 0 aromatic rings. The summed E-state index contributed by atoms with van der Waals surface area (Å²) in [7, 11) is 1.30. The number of esters is 2. The van der Waals surface area contributed by atoms with E-state index >= 15 is 0 Å². The van der Waals surface area contributed by atoms with E-state index in [1.54, 1.807) is 0 Å². The standard InChI is InChI=1S/C7H11NO4/c1-11-6(9)4-8-5-2-3-12-7(5)10/h5,8H,2-4H2,1H3. The molecule has 1 N–H and O–H groups in total. The van der Waals surface area contributed by atoms with E-state index in [9.17, 15) is 9.59 Å². The van der Waals surface area contributed by atoms with Gasteiger partial charge in [0, 0.05) is 6.42 Å². The molecule has 68 valence electrons. The Kier molecular flexibility index (Phi) is 3.04. The Bertz CT molecular complexity index is 192. The highest BCUT2D eigenvalue weighted by molar-refractivity contribution is 5.79. The van der Waals surface area contributed by atoms with Crippen molar-refractivity contribution in [3.63, 3.8) is 0 Å². The molecular formula is C7H11NO4. The van der Waals surface area contributed by atoms with Crippen LogP contribution in [-0.2, 0) is 19.1 Å². The van der Waals surface area contributed by atoms with Crippen LogP contribution in [0.2, 0.25) is 0 Å². The number of rotatable bonds is 3. The van der Waals surface area contributed by atoms with Crippen molar-refractivity contribution in [3.05, 3.63) is 0 Å². The van der Waals surface area contributed by atoms with E-state index in [0.717, 1.165) is 0 Å². The van der Waals surface area contributed by atoms with Crippen molar-refractivity contribution >= 4 is 11.9 Å².